The van der Waals surface area contributed by atoms with E-state index in [2.05, 4.69) is 10.6 Å². The van der Waals surface area contributed by atoms with Gasteiger partial charge in [-0.1, -0.05) is 6.07 Å². The average Bonchev–Trinajstić information content (AvgIpc) is 2.63. The van der Waals surface area contributed by atoms with Crippen molar-refractivity contribution in [2.75, 3.05) is 12.0 Å². The molecule has 0 aliphatic carbocycles. The molecular formula is C19H27N3O6S. The molecule has 2 N–H and O–H groups in total. The van der Waals surface area contributed by atoms with Gasteiger partial charge in [-0.2, -0.15) is 11.8 Å². The van der Waals surface area contributed by atoms with E-state index in [4.69, 9.17) is 4.74 Å². The summed E-state index contributed by atoms with van der Waals surface area (Å²) < 4.78 is 5.23. The van der Waals surface area contributed by atoms with Crippen LogP contribution in [0.25, 0.3) is 0 Å². The minimum Gasteiger partial charge on any atom is -0.451 e. The lowest BCUT2D eigenvalue weighted by atomic mass is 10.1. The van der Waals surface area contributed by atoms with E-state index in [-0.39, 0.29) is 17.7 Å². The maximum Gasteiger partial charge on any atom is 0.329 e. The Morgan fingerprint density at radius 1 is 1.28 bits per heavy atom. The van der Waals surface area contributed by atoms with Gasteiger partial charge in [0, 0.05) is 23.2 Å². The lowest BCUT2D eigenvalue weighted by molar-refractivity contribution is -0.384. The number of hydrogen-bond acceptors (Lipinski definition) is 7. The van der Waals surface area contributed by atoms with E-state index in [1.165, 1.54) is 36.9 Å². The molecule has 1 aromatic rings. The molecule has 0 aromatic heterocycles. The van der Waals surface area contributed by atoms with E-state index in [1.54, 1.807) is 20.8 Å². The topological polar surface area (TPSA) is 128 Å². The molecule has 0 saturated heterocycles. The van der Waals surface area contributed by atoms with Gasteiger partial charge in [0.2, 0.25) is 0 Å². The Hall–Kier alpha value is -2.62. The van der Waals surface area contributed by atoms with Gasteiger partial charge in [0.25, 0.3) is 17.5 Å². The normalized spacial score (nSPS) is 13.1. The molecule has 0 bridgehead atoms. The van der Waals surface area contributed by atoms with Crippen LogP contribution in [0, 0.1) is 10.1 Å². The molecule has 0 unspecified atom stereocenters. The summed E-state index contributed by atoms with van der Waals surface area (Å²) in [6, 6.07) is 4.22. The summed E-state index contributed by atoms with van der Waals surface area (Å²) in [6.45, 7) is 6.87. The zero-order valence-electron chi connectivity index (χ0n) is 17.2. The highest BCUT2D eigenvalue weighted by Crippen LogP contribution is 2.14. The zero-order chi connectivity index (χ0) is 22.2. The number of amides is 2. The molecular weight excluding hydrogens is 398 g/mol. The zero-order valence-corrected chi connectivity index (χ0v) is 18.0. The Labute approximate surface area is 174 Å². The molecule has 2 atom stereocenters. The van der Waals surface area contributed by atoms with Gasteiger partial charge in [0.1, 0.15) is 6.04 Å². The van der Waals surface area contributed by atoms with Crippen LogP contribution in [0.4, 0.5) is 5.69 Å². The number of carbonyl (C=O) groups is 3. The number of nitro groups is 1. The van der Waals surface area contributed by atoms with Crippen LogP contribution in [0.3, 0.4) is 0 Å². The number of nitro benzene ring substituents is 1. The third kappa shape index (κ3) is 8.51. The van der Waals surface area contributed by atoms with Crippen molar-refractivity contribution in [2.45, 2.75) is 51.8 Å². The number of rotatable bonds is 9. The number of nitrogens with zero attached hydrogens (tertiary/aromatic N) is 1. The van der Waals surface area contributed by atoms with Crippen molar-refractivity contribution < 1.29 is 24.0 Å². The van der Waals surface area contributed by atoms with Crippen molar-refractivity contribution in [3.05, 3.63) is 39.9 Å². The molecule has 0 saturated carbocycles. The van der Waals surface area contributed by atoms with Crippen molar-refractivity contribution in [3.8, 4) is 0 Å². The second kappa shape index (κ2) is 10.8. The molecule has 0 heterocycles. The van der Waals surface area contributed by atoms with Gasteiger partial charge in [-0.15, -0.1) is 0 Å². The van der Waals surface area contributed by atoms with Gasteiger partial charge in [0.15, 0.2) is 6.10 Å². The summed E-state index contributed by atoms with van der Waals surface area (Å²) >= 11 is 1.48. The predicted octanol–water partition coefficient (Wildman–Crippen LogP) is 2.29. The number of hydrogen-bond donors (Lipinski definition) is 2. The number of non-ortho nitro benzene ring substituents is 1. The maximum atomic E-state index is 12.5. The summed E-state index contributed by atoms with van der Waals surface area (Å²) in [4.78, 5) is 47.4. The molecule has 10 heteroatoms. The van der Waals surface area contributed by atoms with Gasteiger partial charge in [-0.05, 0) is 52.2 Å². The van der Waals surface area contributed by atoms with E-state index in [0.29, 0.717) is 5.75 Å². The first-order chi connectivity index (χ1) is 13.4. The molecule has 160 valence electrons. The summed E-state index contributed by atoms with van der Waals surface area (Å²) in [7, 11) is 0. The summed E-state index contributed by atoms with van der Waals surface area (Å²) in [5.41, 5.74) is -0.653. The molecule has 0 spiro atoms. The second-order valence-electron chi connectivity index (χ2n) is 7.43. The van der Waals surface area contributed by atoms with Gasteiger partial charge in [0.05, 0.1) is 4.92 Å². The van der Waals surface area contributed by atoms with Crippen molar-refractivity contribution >= 4 is 35.2 Å². The highest BCUT2D eigenvalue weighted by Gasteiger charge is 2.28. The highest BCUT2D eigenvalue weighted by molar-refractivity contribution is 7.98. The second-order valence-corrected chi connectivity index (χ2v) is 8.42. The number of thioether (sulfide) groups is 1. The molecule has 0 fully saturated rings. The monoisotopic (exact) mass is 425 g/mol. The fraction of sp³-hybridized carbons (Fsp3) is 0.526. The Morgan fingerprint density at radius 2 is 1.93 bits per heavy atom. The third-order valence-electron chi connectivity index (χ3n) is 3.68. The number of carbonyl (C=O) groups excluding carboxylic acids is 3. The molecule has 29 heavy (non-hydrogen) atoms. The maximum absolute atomic E-state index is 12.5. The number of nitrogens with one attached hydrogen (secondary N) is 2. The summed E-state index contributed by atoms with van der Waals surface area (Å²) in [6.07, 6.45) is 1.10. The summed E-state index contributed by atoms with van der Waals surface area (Å²) in [5.74, 6) is -1.25. The number of ether oxygens (including phenoxy) is 1. The SMILES string of the molecule is CSCC[C@H](NC(=O)c1cccc([N+](=O)[O-])c1)C(=O)O[C@@H](C)C(=O)NC(C)(C)C. The van der Waals surface area contributed by atoms with E-state index < -0.39 is 40.4 Å². The molecule has 2 amide bonds. The average molecular weight is 426 g/mol. The Kier molecular flexibility index (Phi) is 9.09. The van der Waals surface area contributed by atoms with Crippen LogP contribution in [0.5, 0.6) is 0 Å². The Balaban J connectivity index is 2.86. The minimum atomic E-state index is -1.03. The van der Waals surface area contributed by atoms with Crippen molar-refractivity contribution in [1.82, 2.24) is 10.6 Å². The molecule has 1 aromatic carbocycles. The van der Waals surface area contributed by atoms with Gasteiger partial charge in [-0.25, -0.2) is 4.79 Å². The van der Waals surface area contributed by atoms with Crippen molar-refractivity contribution in [3.63, 3.8) is 0 Å². The Bertz CT molecular complexity index is 763. The van der Waals surface area contributed by atoms with E-state index >= 15 is 0 Å². The first-order valence-corrected chi connectivity index (χ1v) is 10.4. The number of benzene rings is 1. The first kappa shape index (κ1) is 24.4. The van der Waals surface area contributed by atoms with Gasteiger partial charge in [-0.3, -0.25) is 19.7 Å². The van der Waals surface area contributed by atoms with Crippen molar-refractivity contribution in [1.29, 1.82) is 0 Å². The number of esters is 1. The van der Waals surface area contributed by atoms with Crippen LogP contribution >= 0.6 is 11.8 Å². The lowest BCUT2D eigenvalue weighted by Gasteiger charge is -2.24. The molecule has 0 radical (unpaired) electrons. The molecule has 0 aliphatic rings. The predicted molar refractivity (Wildman–Crippen MR) is 111 cm³/mol. The van der Waals surface area contributed by atoms with Crippen LogP contribution in [0.2, 0.25) is 0 Å². The summed E-state index contributed by atoms with van der Waals surface area (Å²) in [5, 5.41) is 16.2. The van der Waals surface area contributed by atoms with Crippen LogP contribution in [0.1, 0.15) is 44.5 Å². The van der Waals surface area contributed by atoms with Gasteiger partial charge >= 0.3 is 5.97 Å². The fourth-order valence-electron chi connectivity index (χ4n) is 2.27. The Morgan fingerprint density at radius 3 is 2.48 bits per heavy atom. The van der Waals surface area contributed by atoms with E-state index in [9.17, 15) is 24.5 Å². The van der Waals surface area contributed by atoms with E-state index in [0.717, 1.165) is 6.07 Å². The lowest BCUT2D eigenvalue weighted by Crippen LogP contribution is -2.48. The van der Waals surface area contributed by atoms with E-state index in [1.807, 2.05) is 6.26 Å². The largest absolute Gasteiger partial charge is 0.451 e. The molecule has 1 rings (SSSR count). The van der Waals surface area contributed by atoms with Gasteiger partial charge < -0.3 is 15.4 Å². The van der Waals surface area contributed by atoms with Crippen LogP contribution < -0.4 is 10.6 Å². The smallest absolute Gasteiger partial charge is 0.329 e. The van der Waals surface area contributed by atoms with Crippen molar-refractivity contribution in [2.24, 2.45) is 0 Å². The fourth-order valence-corrected chi connectivity index (χ4v) is 2.74. The quantitative estimate of drug-likeness (QED) is 0.353. The van der Waals surface area contributed by atoms with Crippen LogP contribution in [-0.4, -0.2) is 52.4 Å². The van der Waals surface area contributed by atoms with Crippen LogP contribution in [0.15, 0.2) is 24.3 Å². The molecule has 9 nitrogen and oxygen atoms in total. The third-order valence-corrected chi connectivity index (χ3v) is 4.32. The minimum absolute atomic E-state index is 0.0553. The van der Waals surface area contributed by atoms with Crippen LogP contribution in [-0.2, 0) is 14.3 Å². The first-order valence-electron chi connectivity index (χ1n) is 9.01. The highest BCUT2D eigenvalue weighted by atomic mass is 32.2. The molecule has 0 aliphatic heterocycles. The standard InChI is InChI=1S/C19H27N3O6S/c1-12(16(23)21-19(2,3)4)28-18(25)15(9-10-29-5)20-17(24)13-7-6-8-14(11-13)22(26)27/h6-8,11-12,15H,9-10H2,1-5H3,(H,20,24)(H,21,23)/t12-,15-/m0/s1.